The average Bonchev–Trinajstić information content (AvgIpc) is 3.19. The molecule has 0 unspecified atom stereocenters. The molecule has 0 saturated carbocycles. The van der Waals surface area contributed by atoms with Gasteiger partial charge in [-0.3, -0.25) is 5.10 Å². The van der Waals surface area contributed by atoms with E-state index in [-0.39, 0.29) is 11.6 Å². The number of H-pyrrole nitrogens is 1. The smallest absolute Gasteiger partial charge is 0.165 e. The highest BCUT2D eigenvalue weighted by molar-refractivity contribution is 7.07. The van der Waals surface area contributed by atoms with Gasteiger partial charge in [0.2, 0.25) is 0 Å². The number of nitrogens with one attached hydrogen (secondary N) is 2. The molecule has 0 spiro atoms. The van der Waals surface area contributed by atoms with Gasteiger partial charge in [0.1, 0.15) is 0 Å². The highest BCUT2D eigenvalue weighted by Gasteiger charge is 2.10. The predicted octanol–water partition coefficient (Wildman–Crippen LogP) is 3.58. The lowest BCUT2D eigenvalue weighted by molar-refractivity contribution is 0.386. The third-order valence-electron chi connectivity index (χ3n) is 3.38. The van der Waals surface area contributed by atoms with E-state index in [1.54, 1.807) is 23.6 Å². The molecule has 6 heteroatoms. The molecule has 2 N–H and O–H groups in total. The second-order valence-electron chi connectivity index (χ2n) is 4.85. The second-order valence-corrected chi connectivity index (χ2v) is 5.63. The summed E-state index contributed by atoms with van der Waals surface area (Å²) in [4.78, 5) is 0. The van der Waals surface area contributed by atoms with Crippen molar-refractivity contribution >= 4 is 11.3 Å². The van der Waals surface area contributed by atoms with Crippen LogP contribution in [0.4, 0.5) is 4.39 Å². The van der Waals surface area contributed by atoms with Crippen LogP contribution in [0.2, 0.25) is 0 Å². The number of rotatable bonds is 6. The predicted molar refractivity (Wildman–Crippen MR) is 85.4 cm³/mol. The van der Waals surface area contributed by atoms with Gasteiger partial charge in [-0.15, -0.1) is 0 Å². The highest BCUT2D eigenvalue weighted by atomic mass is 32.1. The molecule has 0 amide bonds. The molecule has 2 heterocycles. The van der Waals surface area contributed by atoms with Crippen LogP contribution in [0.25, 0.3) is 11.3 Å². The summed E-state index contributed by atoms with van der Waals surface area (Å²) in [6, 6.07) is 6.98. The van der Waals surface area contributed by atoms with Crippen LogP contribution in [0.3, 0.4) is 0 Å². The van der Waals surface area contributed by atoms with Gasteiger partial charge in [0.25, 0.3) is 0 Å². The highest BCUT2D eigenvalue weighted by Crippen LogP contribution is 2.26. The van der Waals surface area contributed by atoms with Crippen LogP contribution in [-0.2, 0) is 13.1 Å². The first kappa shape index (κ1) is 14.7. The van der Waals surface area contributed by atoms with Crippen molar-refractivity contribution < 1.29 is 9.13 Å². The minimum atomic E-state index is -0.383. The van der Waals surface area contributed by atoms with E-state index in [2.05, 4.69) is 32.3 Å². The van der Waals surface area contributed by atoms with Crippen LogP contribution in [0.5, 0.6) is 5.75 Å². The molecular formula is C16H16FN3OS. The third kappa shape index (κ3) is 3.18. The molecule has 3 rings (SSSR count). The largest absolute Gasteiger partial charge is 0.494 e. The number of halogens is 1. The Bertz CT molecular complexity index is 740. The number of methoxy groups -OCH3 is 1. The first-order valence-corrected chi connectivity index (χ1v) is 7.80. The molecule has 22 heavy (non-hydrogen) atoms. The normalized spacial score (nSPS) is 10.8. The lowest BCUT2D eigenvalue weighted by Crippen LogP contribution is -2.12. The number of hydrogen-bond acceptors (Lipinski definition) is 4. The summed E-state index contributed by atoms with van der Waals surface area (Å²) in [6.45, 7) is 1.46. The number of benzene rings is 1. The lowest BCUT2D eigenvalue weighted by atomic mass is 10.1. The first-order chi connectivity index (χ1) is 10.8. The van der Waals surface area contributed by atoms with Crippen LogP contribution >= 0.6 is 11.3 Å². The minimum Gasteiger partial charge on any atom is -0.494 e. The lowest BCUT2D eigenvalue weighted by Gasteiger charge is -2.07. The van der Waals surface area contributed by atoms with Gasteiger partial charge in [0.15, 0.2) is 11.6 Å². The quantitative estimate of drug-likeness (QED) is 0.730. The van der Waals surface area contributed by atoms with Crippen LogP contribution in [0.1, 0.15) is 11.1 Å². The molecule has 0 fully saturated rings. The van der Waals surface area contributed by atoms with Gasteiger partial charge >= 0.3 is 0 Å². The third-order valence-corrected chi connectivity index (χ3v) is 4.12. The summed E-state index contributed by atoms with van der Waals surface area (Å²) >= 11 is 1.68. The van der Waals surface area contributed by atoms with Gasteiger partial charge in [0.05, 0.1) is 19.0 Å². The Morgan fingerprint density at radius 1 is 1.32 bits per heavy atom. The summed E-state index contributed by atoms with van der Waals surface area (Å²) in [5.74, 6) is -0.146. The molecule has 2 aromatic heterocycles. The fourth-order valence-corrected chi connectivity index (χ4v) is 2.92. The molecule has 114 valence electrons. The molecule has 4 nitrogen and oxygen atoms in total. The number of aromatic nitrogens is 2. The molecule has 3 aromatic rings. The van der Waals surface area contributed by atoms with E-state index >= 15 is 0 Å². The fourth-order valence-electron chi connectivity index (χ4n) is 2.25. The van der Waals surface area contributed by atoms with Crippen molar-refractivity contribution in [3.63, 3.8) is 0 Å². The Labute approximate surface area is 132 Å². The zero-order chi connectivity index (χ0) is 15.4. The van der Waals surface area contributed by atoms with E-state index in [1.165, 1.54) is 18.7 Å². The molecule has 0 bridgehead atoms. The van der Waals surface area contributed by atoms with Gasteiger partial charge in [0, 0.05) is 24.2 Å². The SMILES string of the molecule is COc1ccc(-c2[nH]ncc2CNCc2ccsc2)cc1F. The van der Waals surface area contributed by atoms with Crippen molar-refractivity contribution in [2.75, 3.05) is 7.11 Å². The van der Waals surface area contributed by atoms with E-state index in [4.69, 9.17) is 4.74 Å². The molecule has 1 aromatic carbocycles. The maximum atomic E-state index is 13.8. The van der Waals surface area contributed by atoms with Gasteiger partial charge in [-0.05, 0) is 40.6 Å². The Morgan fingerprint density at radius 2 is 2.23 bits per heavy atom. The van der Waals surface area contributed by atoms with Crippen molar-refractivity contribution in [3.05, 3.63) is 58.2 Å². The van der Waals surface area contributed by atoms with Crippen molar-refractivity contribution in [1.82, 2.24) is 15.5 Å². The Morgan fingerprint density at radius 3 is 2.95 bits per heavy atom. The van der Waals surface area contributed by atoms with Crippen molar-refractivity contribution in [2.45, 2.75) is 13.1 Å². The fraction of sp³-hybridized carbons (Fsp3) is 0.188. The summed E-state index contributed by atoms with van der Waals surface area (Å²) in [5, 5.41) is 14.5. The molecule has 0 aliphatic heterocycles. The zero-order valence-corrected chi connectivity index (χ0v) is 12.9. The Balaban J connectivity index is 1.72. The molecular weight excluding hydrogens is 301 g/mol. The van der Waals surface area contributed by atoms with Crippen molar-refractivity contribution in [2.24, 2.45) is 0 Å². The van der Waals surface area contributed by atoms with Gasteiger partial charge < -0.3 is 10.1 Å². The zero-order valence-electron chi connectivity index (χ0n) is 12.1. The molecule has 0 atom stereocenters. The number of hydrogen-bond donors (Lipinski definition) is 2. The second kappa shape index (κ2) is 6.72. The van der Waals surface area contributed by atoms with Crippen molar-refractivity contribution in [1.29, 1.82) is 0 Å². The Hall–Kier alpha value is -2.18. The molecule has 0 saturated heterocycles. The molecule has 0 radical (unpaired) electrons. The standard InChI is InChI=1S/C16H16FN3OS/c1-21-15-3-2-12(6-14(15)17)16-13(9-19-20-16)8-18-7-11-4-5-22-10-11/h2-6,9-10,18H,7-8H2,1H3,(H,19,20). The van der Waals surface area contributed by atoms with Gasteiger partial charge in [-0.1, -0.05) is 0 Å². The van der Waals surface area contributed by atoms with E-state index in [0.29, 0.717) is 6.54 Å². The van der Waals surface area contributed by atoms with Crippen LogP contribution in [0, 0.1) is 5.82 Å². The average molecular weight is 317 g/mol. The first-order valence-electron chi connectivity index (χ1n) is 6.86. The maximum absolute atomic E-state index is 13.8. The van der Waals surface area contributed by atoms with E-state index in [9.17, 15) is 4.39 Å². The summed E-state index contributed by atoms with van der Waals surface area (Å²) in [6.07, 6.45) is 1.76. The number of ether oxygens (including phenoxy) is 1. The molecule has 0 aliphatic rings. The molecule has 0 aliphatic carbocycles. The van der Waals surface area contributed by atoms with Crippen LogP contribution < -0.4 is 10.1 Å². The number of aromatic amines is 1. The van der Waals surface area contributed by atoms with E-state index < -0.39 is 0 Å². The maximum Gasteiger partial charge on any atom is 0.165 e. The number of thiophene rings is 1. The van der Waals surface area contributed by atoms with Crippen molar-refractivity contribution in [3.8, 4) is 17.0 Å². The Kier molecular flexibility index (Phi) is 4.50. The summed E-state index contributed by atoms with van der Waals surface area (Å²) < 4.78 is 18.8. The van der Waals surface area contributed by atoms with Gasteiger partial charge in [-0.25, -0.2) is 4.39 Å². The van der Waals surface area contributed by atoms with Gasteiger partial charge in [-0.2, -0.15) is 16.4 Å². The van der Waals surface area contributed by atoms with Crippen LogP contribution in [-0.4, -0.2) is 17.3 Å². The number of nitrogens with zero attached hydrogens (tertiary/aromatic N) is 1. The topological polar surface area (TPSA) is 49.9 Å². The minimum absolute atomic E-state index is 0.236. The summed E-state index contributed by atoms with van der Waals surface area (Å²) in [5.41, 5.74) is 3.83. The van der Waals surface area contributed by atoms with E-state index in [0.717, 1.165) is 23.4 Å². The van der Waals surface area contributed by atoms with E-state index in [1.807, 2.05) is 6.07 Å². The monoisotopic (exact) mass is 317 g/mol. The summed E-state index contributed by atoms with van der Waals surface area (Å²) in [7, 11) is 1.45. The van der Waals surface area contributed by atoms with Crippen LogP contribution in [0.15, 0.2) is 41.2 Å².